The second-order valence-corrected chi connectivity index (χ2v) is 12.8. The lowest BCUT2D eigenvalue weighted by Crippen LogP contribution is -2.32. The Morgan fingerprint density at radius 2 is 1.54 bits per heavy atom. The summed E-state index contributed by atoms with van der Waals surface area (Å²) in [5.74, 6) is -1.35. The molecule has 2 aromatic rings. The number of ether oxygens (including phenoxy) is 2. The van der Waals surface area contributed by atoms with Gasteiger partial charge in [0.05, 0.1) is 17.8 Å². The molecule has 1 saturated heterocycles. The maximum atomic E-state index is 14.2. The van der Waals surface area contributed by atoms with E-state index in [2.05, 4.69) is 26.0 Å². The fourth-order valence-electron chi connectivity index (χ4n) is 6.34. The number of ketones is 1. The number of Topliss-reactive ketones (excluding diaryl/α,β-unsaturated/α-hetero) is 1. The van der Waals surface area contributed by atoms with Gasteiger partial charge in [-0.2, -0.15) is 8.42 Å². The highest BCUT2D eigenvalue weighted by Crippen LogP contribution is 2.57. The minimum Gasteiger partial charge on any atom is -0.382 e. The SMILES string of the molecule is CCc1cc(C)cc(CC)c1C1=C(OS(=O)(=O)c2ccc(C)cc2)C2CC3(COC(C)(C)O3)CC2C1=O. The number of hydrogen-bond donors (Lipinski definition) is 0. The molecule has 0 radical (unpaired) electrons. The molecular weight excluding hydrogens is 488 g/mol. The molecule has 3 aliphatic rings. The van der Waals surface area contributed by atoms with Crippen LogP contribution in [-0.4, -0.2) is 32.2 Å². The van der Waals surface area contributed by atoms with Crippen LogP contribution in [0.2, 0.25) is 0 Å². The zero-order valence-electron chi connectivity index (χ0n) is 22.5. The van der Waals surface area contributed by atoms with Gasteiger partial charge >= 0.3 is 10.1 Å². The van der Waals surface area contributed by atoms with Crippen molar-refractivity contribution >= 4 is 21.5 Å². The molecule has 0 N–H and O–H groups in total. The summed E-state index contributed by atoms with van der Waals surface area (Å²) >= 11 is 0. The highest BCUT2D eigenvalue weighted by Gasteiger charge is 2.60. The molecule has 1 heterocycles. The van der Waals surface area contributed by atoms with Gasteiger partial charge in [-0.3, -0.25) is 4.79 Å². The van der Waals surface area contributed by atoms with Crippen molar-refractivity contribution in [3.05, 3.63) is 70.0 Å². The minimum absolute atomic E-state index is 0.0578. The Morgan fingerprint density at radius 1 is 0.946 bits per heavy atom. The molecule has 0 amide bonds. The summed E-state index contributed by atoms with van der Waals surface area (Å²) in [5, 5.41) is 0. The van der Waals surface area contributed by atoms with Crippen molar-refractivity contribution < 1.29 is 26.9 Å². The van der Waals surface area contributed by atoms with Gasteiger partial charge in [0.2, 0.25) is 0 Å². The highest BCUT2D eigenvalue weighted by atomic mass is 32.2. The Balaban J connectivity index is 1.67. The van der Waals surface area contributed by atoms with Crippen LogP contribution in [0.1, 0.15) is 68.4 Å². The molecule has 1 saturated carbocycles. The van der Waals surface area contributed by atoms with Crippen LogP contribution in [-0.2, 0) is 41.4 Å². The number of carbonyl (C=O) groups excluding carboxylic acids is 1. The van der Waals surface area contributed by atoms with Crippen LogP contribution in [0, 0.1) is 25.7 Å². The number of hydrogen-bond acceptors (Lipinski definition) is 6. The van der Waals surface area contributed by atoms with Crippen LogP contribution in [0.25, 0.3) is 5.57 Å². The van der Waals surface area contributed by atoms with Crippen molar-refractivity contribution in [3.8, 4) is 0 Å². The number of allylic oxidation sites excluding steroid dienone is 2. The normalized spacial score (nSPS) is 26.8. The molecule has 2 fully saturated rings. The lowest BCUT2D eigenvalue weighted by Gasteiger charge is -2.26. The Labute approximate surface area is 220 Å². The minimum atomic E-state index is -4.15. The van der Waals surface area contributed by atoms with E-state index in [1.54, 1.807) is 24.3 Å². The Kier molecular flexibility index (Phi) is 6.41. The fourth-order valence-corrected chi connectivity index (χ4v) is 7.35. The fraction of sp³-hybridized carbons (Fsp3) is 0.500. The first-order chi connectivity index (χ1) is 17.4. The van der Waals surface area contributed by atoms with Gasteiger partial charge in [0.15, 0.2) is 11.6 Å². The lowest BCUT2D eigenvalue weighted by atomic mass is 9.86. The molecule has 1 aliphatic heterocycles. The van der Waals surface area contributed by atoms with Crippen molar-refractivity contribution in [2.45, 2.75) is 83.5 Å². The lowest BCUT2D eigenvalue weighted by molar-refractivity contribution is -0.161. The van der Waals surface area contributed by atoms with E-state index < -0.39 is 33.3 Å². The number of rotatable bonds is 6. The second-order valence-electron chi connectivity index (χ2n) is 11.2. The first-order valence-corrected chi connectivity index (χ1v) is 14.6. The van der Waals surface area contributed by atoms with E-state index in [9.17, 15) is 13.2 Å². The standard InChI is InChI=1S/C30H36O6S/c1-7-20-13-19(4)14-21(8-2)25(20)26-27(31)23-15-30(17-34-29(5,6)36-30)16-24(23)28(26)35-37(32,33)22-11-9-18(3)10-12-22/h9-14,23-24H,7-8,15-17H2,1-6H3. The van der Waals surface area contributed by atoms with E-state index in [0.29, 0.717) is 25.0 Å². The molecule has 0 bridgehead atoms. The van der Waals surface area contributed by atoms with Crippen molar-refractivity contribution in [3.63, 3.8) is 0 Å². The van der Waals surface area contributed by atoms with Crippen LogP contribution in [0.3, 0.4) is 0 Å². The molecule has 2 aliphatic carbocycles. The first kappa shape index (κ1) is 26.1. The van der Waals surface area contributed by atoms with Gasteiger partial charge in [0, 0.05) is 11.8 Å². The summed E-state index contributed by atoms with van der Waals surface area (Å²) in [5.41, 5.74) is 4.77. The number of fused-ring (bicyclic) bond motifs is 1. The number of aryl methyl sites for hydroxylation is 4. The van der Waals surface area contributed by atoms with Gasteiger partial charge < -0.3 is 13.7 Å². The van der Waals surface area contributed by atoms with Gasteiger partial charge in [-0.15, -0.1) is 0 Å². The van der Waals surface area contributed by atoms with Gasteiger partial charge in [-0.25, -0.2) is 0 Å². The summed E-state index contributed by atoms with van der Waals surface area (Å²) < 4.78 is 45.2. The molecule has 3 unspecified atom stereocenters. The van der Waals surface area contributed by atoms with E-state index in [-0.39, 0.29) is 16.4 Å². The van der Waals surface area contributed by atoms with Gasteiger partial charge in [-0.1, -0.05) is 49.2 Å². The molecule has 1 spiro atoms. The van der Waals surface area contributed by atoms with Gasteiger partial charge in [0.1, 0.15) is 10.7 Å². The Bertz CT molecular complexity index is 1360. The first-order valence-electron chi connectivity index (χ1n) is 13.1. The monoisotopic (exact) mass is 524 g/mol. The molecule has 198 valence electrons. The zero-order chi connectivity index (χ0) is 26.8. The predicted molar refractivity (Wildman–Crippen MR) is 141 cm³/mol. The van der Waals surface area contributed by atoms with Crippen LogP contribution in [0.4, 0.5) is 0 Å². The average Bonchev–Trinajstić information content (AvgIpc) is 3.43. The van der Waals surface area contributed by atoms with Crippen molar-refractivity contribution in [1.82, 2.24) is 0 Å². The molecule has 3 atom stereocenters. The molecule has 37 heavy (non-hydrogen) atoms. The van der Waals surface area contributed by atoms with Crippen molar-refractivity contribution in [1.29, 1.82) is 0 Å². The van der Waals surface area contributed by atoms with E-state index >= 15 is 0 Å². The maximum absolute atomic E-state index is 14.2. The van der Waals surface area contributed by atoms with Gasteiger partial charge in [-0.05, 0) is 82.2 Å². The maximum Gasteiger partial charge on any atom is 0.338 e. The van der Waals surface area contributed by atoms with Crippen molar-refractivity contribution in [2.75, 3.05) is 6.61 Å². The predicted octanol–water partition coefficient (Wildman–Crippen LogP) is 5.68. The molecule has 6 nitrogen and oxygen atoms in total. The summed E-state index contributed by atoms with van der Waals surface area (Å²) in [7, 11) is -4.15. The Morgan fingerprint density at radius 3 is 2.08 bits per heavy atom. The zero-order valence-corrected chi connectivity index (χ0v) is 23.3. The summed E-state index contributed by atoms with van der Waals surface area (Å²) in [6.45, 7) is 12.2. The molecular formula is C30H36O6S. The molecule has 5 rings (SSSR count). The quantitative estimate of drug-likeness (QED) is 0.453. The summed E-state index contributed by atoms with van der Waals surface area (Å²) in [6.07, 6.45) is 2.41. The third-order valence-electron chi connectivity index (χ3n) is 7.95. The third kappa shape index (κ3) is 4.55. The number of benzene rings is 2. The molecule has 2 aromatic carbocycles. The second kappa shape index (κ2) is 9.07. The van der Waals surface area contributed by atoms with Crippen LogP contribution >= 0.6 is 0 Å². The van der Waals surface area contributed by atoms with E-state index in [1.807, 2.05) is 27.7 Å². The largest absolute Gasteiger partial charge is 0.382 e. The van der Waals surface area contributed by atoms with E-state index in [0.717, 1.165) is 40.7 Å². The summed E-state index contributed by atoms with van der Waals surface area (Å²) in [6, 6.07) is 10.8. The Hall–Kier alpha value is -2.48. The highest BCUT2D eigenvalue weighted by molar-refractivity contribution is 7.86. The smallest absolute Gasteiger partial charge is 0.338 e. The van der Waals surface area contributed by atoms with Crippen LogP contribution in [0.5, 0.6) is 0 Å². The van der Waals surface area contributed by atoms with Crippen LogP contribution < -0.4 is 0 Å². The molecule has 7 heteroatoms. The summed E-state index contributed by atoms with van der Waals surface area (Å²) in [4.78, 5) is 14.2. The van der Waals surface area contributed by atoms with Crippen molar-refractivity contribution in [2.24, 2.45) is 11.8 Å². The number of carbonyl (C=O) groups is 1. The average molecular weight is 525 g/mol. The van der Waals surface area contributed by atoms with E-state index in [1.165, 1.54) is 0 Å². The topological polar surface area (TPSA) is 78.9 Å². The molecule has 0 aromatic heterocycles. The van der Waals surface area contributed by atoms with Crippen LogP contribution in [0.15, 0.2) is 47.1 Å². The van der Waals surface area contributed by atoms with Gasteiger partial charge in [0.25, 0.3) is 0 Å². The van der Waals surface area contributed by atoms with E-state index in [4.69, 9.17) is 13.7 Å². The third-order valence-corrected chi connectivity index (χ3v) is 9.20.